The number of esters is 4. The van der Waals surface area contributed by atoms with Crippen molar-refractivity contribution >= 4 is 33.7 Å². The van der Waals surface area contributed by atoms with Gasteiger partial charge in [-0.25, -0.2) is 8.42 Å². The minimum atomic E-state index is -3.64. The number of carbonyl (C=O) groups excluding carboxylic acids is 4. The van der Waals surface area contributed by atoms with Crippen molar-refractivity contribution in [3.8, 4) is 0 Å². The van der Waals surface area contributed by atoms with Gasteiger partial charge in [-0.2, -0.15) is 0 Å². The van der Waals surface area contributed by atoms with E-state index in [4.69, 9.17) is 9.47 Å². The van der Waals surface area contributed by atoms with E-state index in [9.17, 15) is 27.6 Å². The Morgan fingerprint density at radius 1 is 0.586 bits per heavy atom. The number of sulfone groups is 1. The smallest absolute Gasteiger partial charge is 0.317 e. The molecule has 10 unspecified atom stereocenters. The van der Waals surface area contributed by atoms with Crippen molar-refractivity contribution in [2.45, 2.75) is 49.0 Å². The molecule has 9 heteroatoms. The molecule has 2 aliphatic heterocycles. The molecule has 2 heterocycles. The van der Waals surface area contributed by atoms with Gasteiger partial charge in [-0.15, -0.1) is 0 Å². The minimum absolute atomic E-state index is 0.143. The first-order chi connectivity index (χ1) is 13.8. The van der Waals surface area contributed by atoms with Gasteiger partial charge in [0.1, 0.15) is 0 Å². The van der Waals surface area contributed by atoms with E-state index in [1.807, 2.05) is 0 Å². The molecule has 8 rings (SSSR count). The highest BCUT2D eigenvalue weighted by molar-refractivity contribution is 7.92. The lowest BCUT2D eigenvalue weighted by Crippen LogP contribution is -2.58. The van der Waals surface area contributed by atoms with Crippen LogP contribution in [0.2, 0.25) is 0 Å². The SMILES string of the molecule is O=C1OC(=O)C2C3CCC(CC3S(=O)(=O)C3CC4CCC3C3C(=O)OC(=O)C43)C12. The Bertz CT molecular complexity index is 884. The number of fused-ring (bicyclic) bond motifs is 4. The number of hydrogen-bond donors (Lipinski definition) is 0. The Kier molecular flexibility index (Phi) is 3.53. The van der Waals surface area contributed by atoms with E-state index >= 15 is 0 Å². The van der Waals surface area contributed by atoms with Crippen LogP contribution < -0.4 is 0 Å². The Morgan fingerprint density at radius 2 is 0.966 bits per heavy atom. The first-order valence-corrected chi connectivity index (χ1v) is 12.1. The fourth-order valence-electron chi connectivity index (χ4n) is 7.73. The first-order valence-electron chi connectivity index (χ1n) is 10.5. The molecule has 6 aliphatic carbocycles. The second-order valence-corrected chi connectivity index (χ2v) is 12.1. The third-order valence-electron chi connectivity index (χ3n) is 8.81. The summed E-state index contributed by atoms with van der Waals surface area (Å²) < 4.78 is 37.3. The number of hydrogen-bond acceptors (Lipinski definition) is 8. The highest BCUT2D eigenvalue weighted by atomic mass is 32.2. The zero-order valence-electron chi connectivity index (χ0n) is 15.7. The number of rotatable bonds is 2. The number of ether oxygens (including phenoxy) is 2. The highest BCUT2D eigenvalue weighted by Crippen LogP contribution is 2.58. The van der Waals surface area contributed by atoms with Crippen LogP contribution in [0.3, 0.4) is 0 Å². The fraction of sp³-hybridized carbons (Fsp3) is 0.800. The van der Waals surface area contributed by atoms with Gasteiger partial charge in [-0.1, -0.05) is 0 Å². The molecule has 0 radical (unpaired) electrons. The van der Waals surface area contributed by atoms with Gasteiger partial charge in [0, 0.05) is 0 Å². The molecule has 4 bridgehead atoms. The predicted octanol–water partition coefficient (Wildman–Crippen LogP) is 0.630. The summed E-state index contributed by atoms with van der Waals surface area (Å²) in [5, 5.41) is -1.37. The molecule has 2 saturated heterocycles. The zero-order valence-corrected chi connectivity index (χ0v) is 16.5. The third-order valence-corrected chi connectivity index (χ3v) is 11.6. The second kappa shape index (κ2) is 5.68. The van der Waals surface area contributed by atoms with Gasteiger partial charge in [-0.3, -0.25) is 19.2 Å². The standard InChI is InChI=1S/C20H22O8S/c21-17-13-7-1-3-9(15(13)19(23)27-17)11(5-7)29(25,26)12-6-8-2-4-10(12)16-14(8)18(22)28-20(16)24/h7-16H,1-6H2. The molecule has 8 fully saturated rings. The normalized spacial score (nSPS) is 50.3. The maximum Gasteiger partial charge on any atom is 0.317 e. The van der Waals surface area contributed by atoms with E-state index in [2.05, 4.69) is 0 Å². The molecule has 8 aliphatic rings. The van der Waals surface area contributed by atoms with Crippen molar-refractivity contribution in [1.82, 2.24) is 0 Å². The minimum Gasteiger partial charge on any atom is -0.393 e. The van der Waals surface area contributed by atoms with Crippen LogP contribution in [0.15, 0.2) is 0 Å². The maximum atomic E-state index is 13.8. The summed E-state index contributed by atoms with van der Waals surface area (Å²) in [5.41, 5.74) is 0. The molecule has 29 heavy (non-hydrogen) atoms. The molecule has 0 spiro atoms. The third kappa shape index (κ3) is 2.17. The van der Waals surface area contributed by atoms with Crippen LogP contribution in [0.4, 0.5) is 0 Å². The highest BCUT2D eigenvalue weighted by Gasteiger charge is 2.66. The molecule has 6 saturated carbocycles. The van der Waals surface area contributed by atoms with E-state index in [-0.39, 0.29) is 11.8 Å². The van der Waals surface area contributed by atoms with Crippen molar-refractivity contribution in [2.75, 3.05) is 0 Å². The summed E-state index contributed by atoms with van der Waals surface area (Å²) in [7, 11) is -3.64. The molecule has 8 nitrogen and oxygen atoms in total. The summed E-state index contributed by atoms with van der Waals surface area (Å²) in [5.74, 6) is -5.55. The van der Waals surface area contributed by atoms with Gasteiger partial charge < -0.3 is 9.47 Å². The summed E-state index contributed by atoms with van der Waals surface area (Å²) >= 11 is 0. The molecule has 0 N–H and O–H groups in total. The lowest BCUT2D eigenvalue weighted by atomic mass is 9.59. The van der Waals surface area contributed by atoms with Crippen molar-refractivity contribution in [1.29, 1.82) is 0 Å². The molecule has 156 valence electrons. The maximum absolute atomic E-state index is 13.8. The molecular formula is C20H22O8S. The van der Waals surface area contributed by atoms with Gasteiger partial charge in [0.2, 0.25) is 0 Å². The Labute approximate surface area is 167 Å². The van der Waals surface area contributed by atoms with Crippen LogP contribution in [-0.4, -0.2) is 42.8 Å². The summed E-state index contributed by atoms with van der Waals surface area (Å²) in [6, 6.07) is 0. The number of cyclic esters (lactones) is 4. The molecule has 0 amide bonds. The first kappa shape index (κ1) is 18.0. The average Bonchev–Trinajstić information content (AvgIpc) is 3.20. The Balaban J connectivity index is 1.34. The fourth-order valence-corrected chi connectivity index (χ4v) is 10.8. The topological polar surface area (TPSA) is 121 Å². The van der Waals surface area contributed by atoms with E-state index in [0.29, 0.717) is 25.7 Å². The lowest BCUT2D eigenvalue weighted by molar-refractivity contribution is -0.155. The van der Waals surface area contributed by atoms with Gasteiger partial charge >= 0.3 is 23.9 Å². The molecule has 0 aromatic carbocycles. The summed E-state index contributed by atoms with van der Waals surface area (Å²) in [6.07, 6.45) is 3.44. The summed E-state index contributed by atoms with van der Waals surface area (Å²) in [4.78, 5) is 48.7. The second-order valence-electron chi connectivity index (χ2n) is 9.72. The Hall–Kier alpha value is -1.77. The van der Waals surface area contributed by atoms with Gasteiger partial charge in [0.25, 0.3) is 0 Å². The lowest BCUT2D eigenvalue weighted by Gasteiger charge is -2.51. The van der Waals surface area contributed by atoms with Crippen LogP contribution >= 0.6 is 0 Å². The number of carbonyl (C=O) groups is 4. The molecule has 0 aromatic rings. The zero-order chi connectivity index (χ0) is 20.2. The van der Waals surface area contributed by atoms with E-state index in [1.165, 1.54) is 0 Å². The van der Waals surface area contributed by atoms with Crippen LogP contribution in [0.1, 0.15) is 38.5 Å². The van der Waals surface area contributed by atoms with Crippen LogP contribution in [0, 0.1) is 47.3 Å². The molecular weight excluding hydrogens is 400 g/mol. The van der Waals surface area contributed by atoms with Crippen molar-refractivity contribution in [2.24, 2.45) is 47.3 Å². The van der Waals surface area contributed by atoms with Gasteiger partial charge in [-0.05, 0) is 62.2 Å². The van der Waals surface area contributed by atoms with Crippen molar-refractivity contribution in [3.05, 3.63) is 0 Å². The van der Waals surface area contributed by atoms with Crippen molar-refractivity contribution < 1.29 is 37.1 Å². The van der Waals surface area contributed by atoms with Crippen LogP contribution in [-0.2, 0) is 38.5 Å². The quantitative estimate of drug-likeness (QED) is 0.469. The monoisotopic (exact) mass is 422 g/mol. The van der Waals surface area contributed by atoms with E-state index in [1.54, 1.807) is 0 Å². The summed E-state index contributed by atoms with van der Waals surface area (Å²) in [6.45, 7) is 0. The molecule has 10 atom stereocenters. The van der Waals surface area contributed by atoms with Crippen LogP contribution in [0.25, 0.3) is 0 Å². The van der Waals surface area contributed by atoms with E-state index < -0.39 is 79.7 Å². The van der Waals surface area contributed by atoms with Gasteiger partial charge in [0.15, 0.2) is 9.84 Å². The largest absolute Gasteiger partial charge is 0.393 e. The van der Waals surface area contributed by atoms with E-state index in [0.717, 1.165) is 12.8 Å². The van der Waals surface area contributed by atoms with Gasteiger partial charge in [0.05, 0.1) is 34.2 Å². The predicted molar refractivity (Wildman–Crippen MR) is 94.3 cm³/mol. The van der Waals surface area contributed by atoms with Crippen LogP contribution in [0.5, 0.6) is 0 Å². The van der Waals surface area contributed by atoms with Crippen molar-refractivity contribution in [3.63, 3.8) is 0 Å². The average molecular weight is 422 g/mol. The molecule has 0 aromatic heterocycles. The Morgan fingerprint density at radius 3 is 1.38 bits per heavy atom.